The quantitative estimate of drug-likeness (QED) is 0.472. The molecule has 0 aliphatic carbocycles. The third kappa shape index (κ3) is 3.91. The van der Waals surface area contributed by atoms with Gasteiger partial charge in [0.1, 0.15) is 0 Å². The van der Waals surface area contributed by atoms with Crippen molar-refractivity contribution >= 4 is 40.6 Å². The summed E-state index contributed by atoms with van der Waals surface area (Å²) in [5, 5.41) is 4.69. The van der Waals surface area contributed by atoms with Gasteiger partial charge in [0.2, 0.25) is 0 Å². The highest BCUT2D eigenvalue weighted by Gasteiger charge is 2.17. The van der Waals surface area contributed by atoms with Crippen LogP contribution in [0.15, 0.2) is 95.2 Å². The number of nitrogens with zero attached hydrogens (tertiary/aromatic N) is 3. The van der Waals surface area contributed by atoms with Gasteiger partial charge in [0, 0.05) is 46.3 Å². The zero-order valence-corrected chi connectivity index (χ0v) is 16.4. The number of aromatic nitrogens is 2. The monoisotopic (exact) mass is 394 g/mol. The van der Waals surface area contributed by atoms with Crippen molar-refractivity contribution in [3.8, 4) is 11.1 Å². The van der Waals surface area contributed by atoms with Crippen molar-refractivity contribution in [2.45, 2.75) is 5.50 Å². The van der Waals surface area contributed by atoms with Crippen LogP contribution >= 0.6 is 11.8 Å². The van der Waals surface area contributed by atoms with Gasteiger partial charge in [-0.1, -0.05) is 42.1 Å². The Balaban J connectivity index is 1.34. The number of anilines is 1. The molecule has 0 fully saturated rings. The van der Waals surface area contributed by atoms with Gasteiger partial charge in [0.15, 0.2) is 5.50 Å². The zero-order chi connectivity index (χ0) is 19.5. The Hall–Kier alpha value is -3.44. The Morgan fingerprint density at radius 2 is 1.79 bits per heavy atom. The van der Waals surface area contributed by atoms with Gasteiger partial charge in [0.25, 0.3) is 0 Å². The van der Waals surface area contributed by atoms with Crippen LogP contribution in [0.3, 0.4) is 0 Å². The normalized spacial score (nSPS) is 17.1. The summed E-state index contributed by atoms with van der Waals surface area (Å²) in [7, 11) is 0. The van der Waals surface area contributed by atoms with E-state index in [0.717, 1.165) is 38.2 Å². The van der Waals surface area contributed by atoms with Crippen molar-refractivity contribution in [1.29, 1.82) is 0 Å². The predicted molar refractivity (Wildman–Crippen MR) is 123 cm³/mol. The van der Waals surface area contributed by atoms with Crippen LogP contribution in [0.4, 0.5) is 5.69 Å². The molecule has 2 aromatic heterocycles. The number of fused-ring (bicyclic) bond motifs is 1. The van der Waals surface area contributed by atoms with E-state index in [9.17, 15) is 0 Å². The molecule has 1 N–H and O–H groups in total. The molecule has 29 heavy (non-hydrogen) atoms. The third-order valence-corrected chi connectivity index (χ3v) is 5.68. The van der Waals surface area contributed by atoms with Crippen LogP contribution in [0.5, 0.6) is 0 Å². The molecule has 1 unspecified atom stereocenters. The highest BCUT2D eigenvalue weighted by atomic mass is 32.2. The molecule has 0 saturated carbocycles. The number of aliphatic imine (C=N–C) groups is 1. The van der Waals surface area contributed by atoms with E-state index in [1.807, 2.05) is 55.1 Å². The van der Waals surface area contributed by atoms with Crippen molar-refractivity contribution in [1.82, 2.24) is 9.97 Å². The molecule has 0 saturated heterocycles. The lowest BCUT2D eigenvalue weighted by atomic mass is 10.1. The third-order valence-electron chi connectivity index (χ3n) is 4.72. The summed E-state index contributed by atoms with van der Waals surface area (Å²) in [6, 6.07) is 22.7. The molecule has 2 aromatic carbocycles. The number of rotatable bonds is 4. The smallest absolute Gasteiger partial charge is 0.171 e. The minimum Gasteiger partial charge on any atom is -0.355 e. The second kappa shape index (κ2) is 7.89. The lowest BCUT2D eigenvalue weighted by Gasteiger charge is -2.15. The standard InChI is InChI=1S/C24H18N4S/c1-2-6-23(21(5-1)18-9-12-25-13-10-18)28-24-27-16-20(29-24)15-17-7-8-22-19(14-17)4-3-11-26-22/h1-16,24,28H. The Morgan fingerprint density at radius 3 is 2.72 bits per heavy atom. The number of pyridine rings is 2. The van der Waals surface area contributed by atoms with E-state index in [2.05, 4.69) is 62.8 Å². The fourth-order valence-electron chi connectivity index (χ4n) is 3.34. The van der Waals surface area contributed by atoms with E-state index in [-0.39, 0.29) is 5.50 Å². The van der Waals surface area contributed by atoms with E-state index in [0.29, 0.717) is 0 Å². The van der Waals surface area contributed by atoms with Crippen LogP contribution in [0.25, 0.3) is 28.1 Å². The summed E-state index contributed by atoms with van der Waals surface area (Å²) in [4.78, 5) is 14.3. The molecular formula is C24H18N4S. The minimum absolute atomic E-state index is 0.0497. The van der Waals surface area contributed by atoms with Gasteiger partial charge in [-0.25, -0.2) is 0 Å². The topological polar surface area (TPSA) is 50.2 Å². The number of allylic oxidation sites excluding steroid dienone is 1. The number of hydrogen-bond donors (Lipinski definition) is 1. The van der Waals surface area contributed by atoms with Gasteiger partial charge < -0.3 is 5.32 Å². The molecule has 1 aliphatic rings. The highest BCUT2D eigenvalue weighted by molar-refractivity contribution is 8.05. The van der Waals surface area contributed by atoms with Gasteiger partial charge in [0.05, 0.1) is 5.52 Å². The second-order valence-electron chi connectivity index (χ2n) is 6.68. The molecule has 0 amide bonds. The maximum absolute atomic E-state index is 4.64. The molecule has 140 valence electrons. The van der Waals surface area contributed by atoms with Crippen molar-refractivity contribution in [2.75, 3.05) is 5.32 Å². The van der Waals surface area contributed by atoms with Crippen molar-refractivity contribution in [2.24, 2.45) is 4.99 Å². The van der Waals surface area contributed by atoms with Gasteiger partial charge in [-0.05, 0) is 53.6 Å². The van der Waals surface area contributed by atoms with Crippen molar-refractivity contribution in [3.05, 3.63) is 95.8 Å². The zero-order valence-electron chi connectivity index (χ0n) is 15.6. The van der Waals surface area contributed by atoms with E-state index in [1.54, 1.807) is 11.8 Å². The molecule has 5 heteroatoms. The first kappa shape index (κ1) is 17.6. The lowest BCUT2D eigenvalue weighted by Crippen LogP contribution is -2.10. The van der Waals surface area contributed by atoms with E-state index < -0.39 is 0 Å². The second-order valence-corrected chi connectivity index (χ2v) is 7.83. The van der Waals surface area contributed by atoms with Crippen LogP contribution in [0.2, 0.25) is 0 Å². The van der Waals surface area contributed by atoms with Crippen LogP contribution in [0, 0.1) is 0 Å². The van der Waals surface area contributed by atoms with Gasteiger partial charge in [-0.15, -0.1) is 0 Å². The molecular weight excluding hydrogens is 376 g/mol. The minimum atomic E-state index is -0.0497. The predicted octanol–water partition coefficient (Wildman–Crippen LogP) is 5.85. The molecule has 1 aliphatic heterocycles. The maximum atomic E-state index is 4.64. The molecule has 5 rings (SSSR count). The first-order chi connectivity index (χ1) is 14.3. The Kier molecular flexibility index (Phi) is 4.80. The summed E-state index contributed by atoms with van der Waals surface area (Å²) >= 11 is 1.71. The number of thioether (sulfide) groups is 1. The fraction of sp³-hybridized carbons (Fsp3) is 0.0417. The number of benzene rings is 2. The average Bonchev–Trinajstić information content (AvgIpc) is 3.21. The lowest BCUT2D eigenvalue weighted by molar-refractivity contribution is 1.08. The van der Waals surface area contributed by atoms with Crippen LogP contribution < -0.4 is 5.32 Å². The number of hydrogen-bond acceptors (Lipinski definition) is 5. The fourth-order valence-corrected chi connectivity index (χ4v) is 4.23. The first-order valence-corrected chi connectivity index (χ1v) is 10.3. The van der Waals surface area contributed by atoms with Crippen LogP contribution in [-0.2, 0) is 0 Å². The van der Waals surface area contributed by atoms with E-state index >= 15 is 0 Å². The van der Waals surface area contributed by atoms with Gasteiger partial charge in [-0.3, -0.25) is 15.0 Å². The summed E-state index contributed by atoms with van der Waals surface area (Å²) in [5.41, 5.74) is 5.45. The largest absolute Gasteiger partial charge is 0.355 e. The van der Waals surface area contributed by atoms with Crippen molar-refractivity contribution < 1.29 is 0 Å². The molecule has 0 radical (unpaired) electrons. The number of para-hydroxylation sites is 1. The van der Waals surface area contributed by atoms with E-state index in [1.165, 1.54) is 0 Å². The van der Waals surface area contributed by atoms with Crippen LogP contribution in [0.1, 0.15) is 5.56 Å². The highest BCUT2D eigenvalue weighted by Crippen LogP contribution is 2.34. The average molecular weight is 395 g/mol. The summed E-state index contributed by atoms with van der Waals surface area (Å²) in [6.45, 7) is 0. The molecule has 0 bridgehead atoms. The van der Waals surface area contributed by atoms with Crippen molar-refractivity contribution in [3.63, 3.8) is 0 Å². The van der Waals surface area contributed by atoms with Crippen LogP contribution in [-0.4, -0.2) is 21.7 Å². The molecule has 4 aromatic rings. The summed E-state index contributed by atoms with van der Waals surface area (Å²) < 4.78 is 0. The Morgan fingerprint density at radius 1 is 0.897 bits per heavy atom. The molecule has 3 heterocycles. The van der Waals surface area contributed by atoms with Gasteiger partial charge >= 0.3 is 0 Å². The van der Waals surface area contributed by atoms with E-state index in [4.69, 9.17) is 0 Å². The van der Waals surface area contributed by atoms with Gasteiger partial charge in [-0.2, -0.15) is 0 Å². The molecule has 1 atom stereocenters. The summed E-state index contributed by atoms with van der Waals surface area (Å²) in [6.07, 6.45) is 9.55. The Labute approximate surface area is 173 Å². The molecule has 4 nitrogen and oxygen atoms in total. The number of nitrogens with one attached hydrogen (secondary N) is 1. The first-order valence-electron chi connectivity index (χ1n) is 9.37. The SMILES string of the molecule is C1=NC(Nc2ccccc2-c2ccncc2)SC1=Cc1ccc2ncccc2c1. The molecule has 0 spiro atoms. The summed E-state index contributed by atoms with van der Waals surface area (Å²) in [5.74, 6) is 0. The Bertz CT molecular complexity index is 1220. The maximum Gasteiger partial charge on any atom is 0.171 e.